The SMILES string of the molecule is O=C(ON1C(=O)c2ccccc2C1=O)C1CC(=O)N(CCOc2ccccc2Cl)C1. The number of fused-ring (bicyclic) bond motifs is 1. The van der Waals surface area contributed by atoms with Crippen molar-refractivity contribution < 1.29 is 28.8 Å². The van der Waals surface area contributed by atoms with Crippen LogP contribution in [0.2, 0.25) is 5.02 Å². The number of ether oxygens (including phenoxy) is 1. The molecule has 1 fully saturated rings. The molecule has 2 aromatic rings. The molecule has 154 valence electrons. The molecule has 1 atom stereocenters. The number of imide groups is 1. The first-order valence-electron chi connectivity index (χ1n) is 9.30. The first-order valence-corrected chi connectivity index (χ1v) is 9.68. The van der Waals surface area contributed by atoms with Crippen molar-refractivity contribution in [2.24, 2.45) is 5.92 Å². The van der Waals surface area contributed by atoms with Gasteiger partial charge < -0.3 is 14.5 Å². The molecule has 0 aromatic heterocycles. The summed E-state index contributed by atoms with van der Waals surface area (Å²) in [6.45, 7) is 0.587. The molecule has 2 heterocycles. The fraction of sp³-hybridized carbons (Fsp3) is 0.238. The number of halogens is 1. The molecule has 30 heavy (non-hydrogen) atoms. The Kier molecular flexibility index (Phi) is 5.41. The Morgan fingerprint density at radius 2 is 1.63 bits per heavy atom. The number of likely N-dealkylation sites (tertiary alicyclic amines) is 1. The molecule has 2 aliphatic rings. The van der Waals surface area contributed by atoms with Gasteiger partial charge in [0, 0.05) is 13.0 Å². The normalized spacial score (nSPS) is 18.0. The maximum Gasteiger partial charge on any atom is 0.338 e. The van der Waals surface area contributed by atoms with Crippen LogP contribution in [0.3, 0.4) is 0 Å². The fourth-order valence-corrected chi connectivity index (χ4v) is 3.58. The summed E-state index contributed by atoms with van der Waals surface area (Å²) in [7, 11) is 0. The lowest BCUT2D eigenvalue weighted by Gasteiger charge is -2.18. The van der Waals surface area contributed by atoms with Crippen LogP contribution in [0.15, 0.2) is 48.5 Å². The minimum Gasteiger partial charge on any atom is -0.490 e. The first kappa shape index (κ1) is 19.9. The van der Waals surface area contributed by atoms with Crippen molar-refractivity contribution in [3.8, 4) is 5.75 Å². The molecular formula is C21H17ClN2O6. The van der Waals surface area contributed by atoms with Crippen molar-refractivity contribution in [2.45, 2.75) is 6.42 Å². The van der Waals surface area contributed by atoms with E-state index in [2.05, 4.69) is 0 Å². The summed E-state index contributed by atoms with van der Waals surface area (Å²) in [5.74, 6) is -2.69. The van der Waals surface area contributed by atoms with Gasteiger partial charge in [-0.15, -0.1) is 0 Å². The van der Waals surface area contributed by atoms with Gasteiger partial charge in [0.25, 0.3) is 11.8 Å². The van der Waals surface area contributed by atoms with Crippen LogP contribution in [0.4, 0.5) is 0 Å². The number of rotatable bonds is 6. The highest BCUT2D eigenvalue weighted by Crippen LogP contribution is 2.26. The summed E-state index contributed by atoms with van der Waals surface area (Å²) in [5, 5.41) is 0.924. The number of benzene rings is 2. The van der Waals surface area contributed by atoms with E-state index in [1.165, 1.54) is 17.0 Å². The van der Waals surface area contributed by atoms with Gasteiger partial charge in [0.15, 0.2) is 0 Å². The lowest BCUT2D eigenvalue weighted by molar-refractivity contribution is -0.173. The predicted molar refractivity (Wildman–Crippen MR) is 105 cm³/mol. The summed E-state index contributed by atoms with van der Waals surface area (Å²) < 4.78 is 5.57. The highest BCUT2D eigenvalue weighted by atomic mass is 35.5. The number of amides is 3. The zero-order chi connectivity index (χ0) is 21.3. The molecule has 8 nitrogen and oxygen atoms in total. The average Bonchev–Trinajstić information content (AvgIpc) is 3.23. The minimum atomic E-state index is -0.799. The minimum absolute atomic E-state index is 0.0614. The molecule has 0 bridgehead atoms. The van der Waals surface area contributed by atoms with Crippen molar-refractivity contribution in [1.82, 2.24) is 9.96 Å². The summed E-state index contributed by atoms with van der Waals surface area (Å²) >= 11 is 6.02. The van der Waals surface area contributed by atoms with Crippen LogP contribution in [0.1, 0.15) is 27.1 Å². The predicted octanol–water partition coefficient (Wildman–Crippen LogP) is 2.32. The molecule has 0 radical (unpaired) electrons. The number of hydrogen-bond donors (Lipinski definition) is 0. The van der Waals surface area contributed by atoms with Gasteiger partial charge in [0.05, 0.1) is 28.6 Å². The van der Waals surface area contributed by atoms with E-state index < -0.39 is 23.7 Å². The van der Waals surface area contributed by atoms with Gasteiger partial charge in [-0.1, -0.05) is 40.9 Å². The second-order valence-electron chi connectivity index (χ2n) is 6.88. The quantitative estimate of drug-likeness (QED) is 0.655. The van der Waals surface area contributed by atoms with Gasteiger partial charge in [-0.05, 0) is 24.3 Å². The molecule has 2 aliphatic heterocycles. The van der Waals surface area contributed by atoms with Crippen molar-refractivity contribution in [1.29, 1.82) is 0 Å². The fourth-order valence-electron chi connectivity index (χ4n) is 3.39. The van der Waals surface area contributed by atoms with Crippen LogP contribution >= 0.6 is 11.6 Å². The van der Waals surface area contributed by atoms with Crippen LogP contribution in [0.5, 0.6) is 5.75 Å². The molecule has 0 aliphatic carbocycles. The Labute approximate surface area is 176 Å². The Balaban J connectivity index is 1.32. The topological polar surface area (TPSA) is 93.2 Å². The summed E-state index contributed by atoms with van der Waals surface area (Å²) in [5.41, 5.74) is 0.354. The Hall–Kier alpha value is -3.39. The van der Waals surface area contributed by atoms with Gasteiger partial charge in [-0.25, -0.2) is 4.79 Å². The molecule has 1 saturated heterocycles. The molecule has 0 saturated carbocycles. The highest BCUT2D eigenvalue weighted by Gasteiger charge is 2.42. The molecule has 4 rings (SSSR count). The van der Waals surface area contributed by atoms with Crippen LogP contribution < -0.4 is 4.74 Å². The Morgan fingerprint density at radius 3 is 2.30 bits per heavy atom. The number of nitrogens with zero attached hydrogens (tertiary/aromatic N) is 2. The van der Waals surface area contributed by atoms with Crippen molar-refractivity contribution in [2.75, 3.05) is 19.7 Å². The van der Waals surface area contributed by atoms with E-state index >= 15 is 0 Å². The van der Waals surface area contributed by atoms with Gasteiger partial charge in [-0.3, -0.25) is 14.4 Å². The smallest absolute Gasteiger partial charge is 0.338 e. The maximum atomic E-state index is 12.5. The lowest BCUT2D eigenvalue weighted by Crippen LogP contribution is -2.36. The van der Waals surface area contributed by atoms with E-state index in [1.54, 1.807) is 36.4 Å². The average molecular weight is 429 g/mol. The monoisotopic (exact) mass is 428 g/mol. The van der Waals surface area contributed by atoms with E-state index in [1.807, 2.05) is 0 Å². The Bertz CT molecular complexity index is 1000. The molecule has 0 N–H and O–H groups in total. The third-order valence-electron chi connectivity index (χ3n) is 4.94. The maximum absolute atomic E-state index is 12.5. The van der Waals surface area contributed by atoms with Crippen molar-refractivity contribution in [3.05, 3.63) is 64.7 Å². The molecule has 1 unspecified atom stereocenters. The van der Waals surface area contributed by atoms with Crippen molar-refractivity contribution in [3.63, 3.8) is 0 Å². The Morgan fingerprint density at radius 1 is 1.00 bits per heavy atom. The van der Waals surface area contributed by atoms with Gasteiger partial charge >= 0.3 is 5.97 Å². The molecular weight excluding hydrogens is 412 g/mol. The second-order valence-corrected chi connectivity index (χ2v) is 7.29. The summed E-state index contributed by atoms with van der Waals surface area (Å²) in [6.07, 6.45) is -0.0614. The summed E-state index contributed by atoms with van der Waals surface area (Å²) in [6, 6.07) is 13.2. The molecule has 2 aromatic carbocycles. The van der Waals surface area contributed by atoms with E-state index in [4.69, 9.17) is 21.2 Å². The number of hydroxylamine groups is 2. The van der Waals surface area contributed by atoms with Crippen LogP contribution in [-0.2, 0) is 14.4 Å². The number of para-hydroxylation sites is 1. The number of carbonyl (C=O) groups is 4. The third kappa shape index (κ3) is 3.73. The molecule has 0 spiro atoms. The third-order valence-corrected chi connectivity index (χ3v) is 5.25. The molecule has 9 heteroatoms. The first-order chi connectivity index (χ1) is 14.5. The van der Waals surface area contributed by atoms with Crippen LogP contribution in [0.25, 0.3) is 0 Å². The highest BCUT2D eigenvalue weighted by molar-refractivity contribution is 6.32. The molecule has 3 amide bonds. The standard InChI is InChI=1S/C21H17ClN2O6/c22-16-7-3-4-8-17(16)29-10-9-23-12-13(11-18(23)25)21(28)30-24-19(26)14-5-1-2-6-15(14)20(24)27/h1-8,13H,9-12H2. The largest absolute Gasteiger partial charge is 0.490 e. The van der Waals surface area contributed by atoms with Crippen LogP contribution in [0, 0.1) is 5.92 Å². The lowest BCUT2D eigenvalue weighted by atomic mass is 10.1. The van der Waals surface area contributed by atoms with E-state index in [0.717, 1.165) is 0 Å². The second kappa shape index (κ2) is 8.16. The number of hydrogen-bond acceptors (Lipinski definition) is 6. The van der Waals surface area contributed by atoms with Gasteiger partial charge in [0.1, 0.15) is 12.4 Å². The van der Waals surface area contributed by atoms with Crippen molar-refractivity contribution >= 4 is 35.3 Å². The van der Waals surface area contributed by atoms with Crippen LogP contribution in [-0.4, -0.2) is 53.4 Å². The summed E-state index contributed by atoms with van der Waals surface area (Å²) in [4.78, 5) is 55.9. The van der Waals surface area contributed by atoms with E-state index in [-0.39, 0.29) is 43.2 Å². The van der Waals surface area contributed by atoms with E-state index in [9.17, 15) is 19.2 Å². The van der Waals surface area contributed by atoms with E-state index in [0.29, 0.717) is 15.8 Å². The number of carbonyl (C=O) groups excluding carboxylic acids is 4. The zero-order valence-corrected chi connectivity index (χ0v) is 16.5. The van der Waals surface area contributed by atoms with Gasteiger partial charge in [-0.2, -0.15) is 0 Å². The van der Waals surface area contributed by atoms with Gasteiger partial charge in [0.2, 0.25) is 5.91 Å². The zero-order valence-electron chi connectivity index (χ0n) is 15.7.